The van der Waals surface area contributed by atoms with Gasteiger partial charge in [0.05, 0.1) is 22.7 Å². The molecular weight excluding hydrogens is 428 g/mol. The van der Waals surface area contributed by atoms with Gasteiger partial charge in [-0.1, -0.05) is 24.3 Å². The second-order valence-corrected chi connectivity index (χ2v) is 9.48. The van der Waals surface area contributed by atoms with Crippen molar-refractivity contribution in [1.29, 1.82) is 0 Å². The quantitative estimate of drug-likeness (QED) is 0.498. The molecule has 8 heteroatoms. The van der Waals surface area contributed by atoms with Crippen LogP contribution in [0.5, 0.6) is 0 Å². The highest BCUT2D eigenvalue weighted by molar-refractivity contribution is 7.21. The molecule has 0 bridgehead atoms. The van der Waals surface area contributed by atoms with Crippen molar-refractivity contribution in [2.75, 3.05) is 13.1 Å². The van der Waals surface area contributed by atoms with Gasteiger partial charge in [0.25, 0.3) is 5.91 Å². The molecule has 5 rings (SSSR count). The summed E-state index contributed by atoms with van der Waals surface area (Å²) in [6.07, 6.45) is 2.83. The minimum atomic E-state index is -0.398. The summed E-state index contributed by atoms with van der Waals surface area (Å²) in [5, 5.41) is 3.81. The highest BCUT2D eigenvalue weighted by atomic mass is 32.1. The summed E-state index contributed by atoms with van der Waals surface area (Å²) in [4.78, 5) is 36.4. The lowest BCUT2D eigenvalue weighted by Crippen LogP contribution is -2.30. The van der Waals surface area contributed by atoms with Gasteiger partial charge in [0.1, 0.15) is 5.01 Å². The predicted molar refractivity (Wildman–Crippen MR) is 123 cm³/mol. The normalized spacial score (nSPS) is 16.1. The first kappa shape index (κ1) is 19.8. The number of nitrogens with two attached hydrogens (primary N) is 1. The number of nitrogens with zero attached hydrogens (tertiary/aromatic N) is 3. The van der Waals surface area contributed by atoms with Crippen molar-refractivity contribution in [3.05, 3.63) is 70.2 Å². The van der Waals surface area contributed by atoms with Crippen molar-refractivity contribution in [3.63, 3.8) is 0 Å². The first-order valence-electron chi connectivity index (χ1n) is 10.0. The van der Waals surface area contributed by atoms with E-state index < -0.39 is 5.91 Å². The second-order valence-electron chi connectivity index (χ2n) is 7.57. The van der Waals surface area contributed by atoms with E-state index in [4.69, 9.17) is 5.73 Å². The number of benzene rings is 1. The van der Waals surface area contributed by atoms with Crippen LogP contribution >= 0.6 is 22.7 Å². The Morgan fingerprint density at radius 2 is 2.00 bits per heavy atom. The molecule has 1 fully saturated rings. The fourth-order valence-corrected chi connectivity index (χ4v) is 6.07. The summed E-state index contributed by atoms with van der Waals surface area (Å²) in [6, 6.07) is 13.7. The Labute approximate surface area is 187 Å². The van der Waals surface area contributed by atoms with Gasteiger partial charge < -0.3 is 10.6 Å². The minimum absolute atomic E-state index is 0.0560. The van der Waals surface area contributed by atoms with E-state index in [0.717, 1.165) is 38.5 Å². The number of hydrogen-bond donors (Lipinski definition) is 1. The molecule has 4 heterocycles. The molecule has 1 saturated heterocycles. The van der Waals surface area contributed by atoms with Crippen molar-refractivity contribution >= 4 is 44.6 Å². The average Bonchev–Trinajstić information content (AvgIpc) is 3.52. The van der Waals surface area contributed by atoms with Crippen LogP contribution in [0.4, 0.5) is 0 Å². The number of primary amides is 1. The van der Waals surface area contributed by atoms with Gasteiger partial charge in [-0.3, -0.25) is 14.6 Å². The third kappa shape index (κ3) is 3.84. The van der Waals surface area contributed by atoms with E-state index in [2.05, 4.69) is 9.97 Å². The lowest BCUT2D eigenvalue weighted by atomic mass is 9.95. The molecule has 1 atom stereocenters. The molecule has 1 aliphatic heterocycles. The first-order chi connectivity index (χ1) is 15.1. The third-order valence-corrected chi connectivity index (χ3v) is 7.69. The number of fused-ring (bicyclic) bond motifs is 1. The number of aromatic nitrogens is 2. The van der Waals surface area contributed by atoms with Gasteiger partial charge in [-0.15, -0.1) is 22.7 Å². The van der Waals surface area contributed by atoms with Gasteiger partial charge in [-0.2, -0.15) is 0 Å². The summed E-state index contributed by atoms with van der Waals surface area (Å²) in [6.45, 7) is 1.26. The maximum absolute atomic E-state index is 12.9. The molecule has 31 heavy (non-hydrogen) atoms. The largest absolute Gasteiger partial charge is 0.365 e. The number of amides is 2. The number of pyridine rings is 1. The Morgan fingerprint density at radius 1 is 1.16 bits per heavy atom. The predicted octanol–water partition coefficient (Wildman–Crippen LogP) is 4.08. The number of hydrogen-bond acceptors (Lipinski definition) is 6. The highest BCUT2D eigenvalue weighted by Gasteiger charge is 2.32. The zero-order chi connectivity index (χ0) is 21.4. The maximum atomic E-state index is 12.9. The summed E-state index contributed by atoms with van der Waals surface area (Å²) in [5.74, 6) is -0.229. The fourth-order valence-electron chi connectivity index (χ4n) is 4.14. The Balaban J connectivity index is 1.32. The lowest BCUT2D eigenvalue weighted by Gasteiger charge is -2.16. The van der Waals surface area contributed by atoms with Gasteiger partial charge >= 0.3 is 0 Å². The summed E-state index contributed by atoms with van der Waals surface area (Å²) >= 11 is 2.94. The number of rotatable bonds is 5. The van der Waals surface area contributed by atoms with E-state index in [0.29, 0.717) is 18.0 Å². The van der Waals surface area contributed by atoms with E-state index >= 15 is 0 Å². The zero-order valence-electron chi connectivity index (χ0n) is 16.7. The molecule has 2 N–H and O–H groups in total. The van der Waals surface area contributed by atoms with Crippen LogP contribution < -0.4 is 5.73 Å². The van der Waals surface area contributed by atoms with E-state index in [1.807, 2.05) is 52.7 Å². The van der Waals surface area contributed by atoms with Crippen LogP contribution in [0, 0.1) is 0 Å². The Bertz CT molecular complexity index is 1270. The van der Waals surface area contributed by atoms with Crippen molar-refractivity contribution < 1.29 is 9.59 Å². The van der Waals surface area contributed by atoms with Crippen molar-refractivity contribution in [2.45, 2.75) is 18.8 Å². The van der Waals surface area contributed by atoms with Gasteiger partial charge in [0.2, 0.25) is 5.91 Å². The number of thiophene rings is 1. The van der Waals surface area contributed by atoms with Crippen molar-refractivity contribution in [2.24, 2.45) is 5.73 Å². The van der Waals surface area contributed by atoms with Crippen LogP contribution in [0.3, 0.4) is 0 Å². The number of thiazole rings is 1. The molecular formula is C23H20N4O2S2. The molecule has 4 aromatic rings. The minimum Gasteiger partial charge on any atom is -0.365 e. The van der Waals surface area contributed by atoms with Crippen LogP contribution in [0.1, 0.15) is 33.3 Å². The molecule has 156 valence electrons. The smallest absolute Gasteiger partial charge is 0.259 e. The molecule has 1 aliphatic rings. The maximum Gasteiger partial charge on any atom is 0.259 e. The van der Waals surface area contributed by atoms with E-state index in [1.54, 1.807) is 6.20 Å². The molecule has 3 aromatic heterocycles. The number of likely N-dealkylation sites (tertiary alicyclic amines) is 1. The van der Waals surface area contributed by atoms with Gasteiger partial charge in [-0.05, 0) is 35.6 Å². The summed E-state index contributed by atoms with van der Waals surface area (Å²) in [7, 11) is 0. The molecule has 1 aromatic carbocycles. The van der Waals surface area contributed by atoms with Crippen molar-refractivity contribution in [3.8, 4) is 10.7 Å². The monoisotopic (exact) mass is 448 g/mol. The van der Waals surface area contributed by atoms with Crippen LogP contribution in [-0.2, 0) is 11.2 Å². The Kier molecular flexibility index (Phi) is 5.25. The zero-order valence-corrected chi connectivity index (χ0v) is 18.3. The Morgan fingerprint density at radius 3 is 2.81 bits per heavy atom. The first-order valence-corrected chi connectivity index (χ1v) is 11.7. The number of carbonyl (C=O) groups excluding carboxylic acids is 2. The molecule has 0 radical (unpaired) electrons. The van der Waals surface area contributed by atoms with Crippen molar-refractivity contribution in [1.82, 2.24) is 14.9 Å². The molecule has 6 nitrogen and oxygen atoms in total. The second kappa shape index (κ2) is 8.20. The van der Waals surface area contributed by atoms with Crippen LogP contribution in [-0.4, -0.2) is 39.8 Å². The van der Waals surface area contributed by atoms with Gasteiger partial charge in [0, 0.05) is 35.3 Å². The topological polar surface area (TPSA) is 89.2 Å². The molecule has 0 saturated carbocycles. The standard InChI is InChI=1S/C23H20N4O2S2/c24-22(29)21-20(16-5-1-2-7-18(16)31-21)14-8-10-27(12-14)19(28)11-15-13-30-23(26-15)17-6-3-4-9-25-17/h1-7,9,13-14H,8,10-12H2,(H2,24,29). The number of carbonyl (C=O) groups is 2. The molecule has 0 spiro atoms. The highest BCUT2D eigenvalue weighted by Crippen LogP contribution is 2.40. The fraction of sp³-hybridized carbons (Fsp3) is 0.217. The molecule has 0 aliphatic carbocycles. The SMILES string of the molecule is NC(=O)c1sc2ccccc2c1C1CCN(C(=O)Cc2csc(-c3ccccn3)n2)C1. The summed E-state index contributed by atoms with van der Waals surface area (Å²) < 4.78 is 1.06. The van der Waals surface area contributed by atoms with E-state index in [1.165, 1.54) is 22.7 Å². The van der Waals surface area contributed by atoms with Crippen LogP contribution in [0.2, 0.25) is 0 Å². The Hall–Kier alpha value is -3.10. The van der Waals surface area contributed by atoms with Gasteiger partial charge in [-0.25, -0.2) is 4.98 Å². The lowest BCUT2D eigenvalue weighted by molar-refractivity contribution is -0.129. The average molecular weight is 449 g/mol. The van der Waals surface area contributed by atoms with Crippen LogP contribution in [0.15, 0.2) is 54.0 Å². The van der Waals surface area contributed by atoms with E-state index in [9.17, 15) is 9.59 Å². The molecule has 1 unspecified atom stereocenters. The molecule has 2 amide bonds. The van der Waals surface area contributed by atoms with E-state index in [-0.39, 0.29) is 18.2 Å². The van der Waals surface area contributed by atoms with Gasteiger partial charge in [0.15, 0.2) is 0 Å². The third-order valence-electron chi connectivity index (χ3n) is 5.57. The summed E-state index contributed by atoms with van der Waals surface area (Å²) in [5.41, 5.74) is 8.24. The van der Waals surface area contributed by atoms with Crippen LogP contribution in [0.25, 0.3) is 20.8 Å².